The standard InChI is InChI=1S/C15H22N2O2/c1-2-17(13-7-9-16-10-8-13)15(19)11-12-5-3-4-6-14(12)18/h3-6,13,16,18H,2,7-11H2,1H3. The third-order valence-electron chi connectivity index (χ3n) is 3.74. The predicted octanol–water partition coefficient (Wildman–Crippen LogP) is 1.54. The highest BCUT2D eigenvalue weighted by Gasteiger charge is 2.24. The molecule has 0 radical (unpaired) electrons. The maximum Gasteiger partial charge on any atom is 0.227 e. The molecule has 0 aromatic heterocycles. The third kappa shape index (κ3) is 3.47. The summed E-state index contributed by atoms with van der Waals surface area (Å²) in [5, 5.41) is 13.1. The molecule has 1 fully saturated rings. The zero-order chi connectivity index (χ0) is 13.7. The largest absolute Gasteiger partial charge is 0.508 e. The van der Waals surface area contributed by atoms with Gasteiger partial charge in [-0.3, -0.25) is 4.79 Å². The lowest BCUT2D eigenvalue weighted by Gasteiger charge is -2.34. The lowest BCUT2D eigenvalue weighted by atomic mass is 10.0. The Bertz CT molecular complexity index is 428. The average Bonchev–Trinajstić information content (AvgIpc) is 2.43. The van der Waals surface area contributed by atoms with E-state index in [0.717, 1.165) is 32.5 Å². The van der Waals surface area contributed by atoms with Gasteiger partial charge in [-0.25, -0.2) is 0 Å². The minimum atomic E-state index is 0.107. The van der Waals surface area contributed by atoms with Crippen molar-refractivity contribution in [3.8, 4) is 5.75 Å². The van der Waals surface area contributed by atoms with Gasteiger partial charge >= 0.3 is 0 Å². The Balaban J connectivity index is 2.02. The van der Waals surface area contributed by atoms with Crippen LogP contribution < -0.4 is 5.32 Å². The minimum Gasteiger partial charge on any atom is -0.508 e. The van der Waals surface area contributed by atoms with E-state index in [0.29, 0.717) is 11.6 Å². The van der Waals surface area contributed by atoms with Gasteiger partial charge in [-0.2, -0.15) is 0 Å². The summed E-state index contributed by atoms with van der Waals surface area (Å²) in [4.78, 5) is 14.3. The van der Waals surface area contributed by atoms with Gasteiger partial charge in [-0.15, -0.1) is 0 Å². The van der Waals surface area contributed by atoms with Crippen LogP contribution in [0.4, 0.5) is 0 Å². The Morgan fingerprint density at radius 3 is 2.68 bits per heavy atom. The molecule has 0 bridgehead atoms. The summed E-state index contributed by atoms with van der Waals surface area (Å²) in [5.41, 5.74) is 0.708. The molecule has 4 heteroatoms. The summed E-state index contributed by atoms with van der Waals surface area (Å²) < 4.78 is 0. The van der Waals surface area contributed by atoms with Crippen LogP contribution in [0.15, 0.2) is 24.3 Å². The third-order valence-corrected chi connectivity index (χ3v) is 3.74. The van der Waals surface area contributed by atoms with Gasteiger partial charge < -0.3 is 15.3 Å². The van der Waals surface area contributed by atoms with Crippen molar-refractivity contribution in [1.29, 1.82) is 0 Å². The van der Waals surface area contributed by atoms with Crippen LogP contribution in [0.3, 0.4) is 0 Å². The molecule has 1 aliphatic rings. The highest BCUT2D eigenvalue weighted by atomic mass is 16.3. The molecule has 1 aromatic rings. The molecular weight excluding hydrogens is 240 g/mol. The summed E-state index contributed by atoms with van der Waals surface area (Å²) in [6.07, 6.45) is 2.31. The lowest BCUT2D eigenvalue weighted by Crippen LogP contribution is -2.46. The second-order valence-corrected chi connectivity index (χ2v) is 4.97. The first-order valence-electron chi connectivity index (χ1n) is 6.99. The number of para-hydroxylation sites is 1. The molecule has 104 valence electrons. The molecule has 1 amide bonds. The minimum absolute atomic E-state index is 0.107. The van der Waals surface area contributed by atoms with Gasteiger partial charge in [-0.05, 0) is 38.9 Å². The van der Waals surface area contributed by atoms with Gasteiger partial charge in [-0.1, -0.05) is 18.2 Å². The van der Waals surface area contributed by atoms with Crippen LogP contribution in [-0.4, -0.2) is 41.6 Å². The first kappa shape index (κ1) is 13.9. The number of nitrogens with zero attached hydrogens (tertiary/aromatic N) is 1. The van der Waals surface area contributed by atoms with Crippen LogP contribution in [0.25, 0.3) is 0 Å². The number of phenols is 1. The number of hydrogen-bond donors (Lipinski definition) is 2. The van der Waals surface area contributed by atoms with Crippen molar-refractivity contribution in [2.75, 3.05) is 19.6 Å². The van der Waals surface area contributed by atoms with Crippen molar-refractivity contribution in [2.24, 2.45) is 0 Å². The number of phenolic OH excluding ortho intramolecular Hbond substituents is 1. The van der Waals surface area contributed by atoms with Gasteiger partial charge in [0, 0.05) is 18.2 Å². The van der Waals surface area contributed by atoms with Crippen molar-refractivity contribution in [3.63, 3.8) is 0 Å². The summed E-state index contributed by atoms with van der Waals surface area (Å²) in [7, 11) is 0. The van der Waals surface area contributed by atoms with Gasteiger partial charge in [0.15, 0.2) is 0 Å². The van der Waals surface area contributed by atoms with Crippen LogP contribution >= 0.6 is 0 Å². The van der Waals surface area contributed by atoms with Crippen molar-refractivity contribution in [1.82, 2.24) is 10.2 Å². The molecule has 1 aliphatic heterocycles. The molecule has 0 unspecified atom stereocenters. The number of carbonyl (C=O) groups excluding carboxylic acids is 1. The maximum atomic E-state index is 12.4. The highest BCUT2D eigenvalue weighted by Crippen LogP contribution is 2.19. The Labute approximate surface area is 114 Å². The zero-order valence-electron chi connectivity index (χ0n) is 11.4. The fourth-order valence-corrected chi connectivity index (χ4v) is 2.68. The Morgan fingerprint density at radius 2 is 2.05 bits per heavy atom. The topological polar surface area (TPSA) is 52.6 Å². The molecule has 4 nitrogen and oxygen atoms in total. The molecule has 2 N–H and O–H groups in total. The molecule has 2 rings (SSSR count). The molecule has 1 aromatic carbocycles. The van der Waals surface area contributed by atoms with Gasteiger partial charge in [0.05, 0.1) is 6.42 Å². The van der Waals surface area contributed by atoms with Crippen LogP contribution in [0.2, 0.25) is 0 Å². The fraction of sp³-hybridized carbons (Fsp3) is 0.533. The molecule has 0 aliphatic carbocycles. The molecule has 1 saturated heterocycles. The van der Waals surface area contributed by atoms with Gasteiger partial charge in [0.1, 0.15) is 5.75 Å². The first-order chi connectivity index (χ1) is 9.22. The summed E-state index contributed by atoms with van der Waals surface area (Å²) in [6.45, 7) is 4.71. The van der Waals surface area contributed by atoms with Crippen LogP contribution in [0, 0.1) is 0 Å². The zero-order valence-corrected chi connectivity index (χ0v) is 11.4. The fourth-order valence-electron chi connectivity index (χ4n) is 2.68. The molecule has 19 heavy (non-hydrogen) atoms. The Hall–Kier alpha value is -1.55. The number of benzene rings is 1. The van der Waals surface area contributed by atoms with E-state index in [2.05, 4.69) is 5.32 Å². The van der Waals surface area contributed by atoms with E-state index in [-0.39, 0.29) is 18.1 Å². The Kier molecular flexibility index (Phi) is 4.80. The van der Waals surface area contributed by atoms with Crippen molar-refractivity contribution >= 4 is 5.91 Å². The number of nitrogens with one attached hydrogen (secondary N) is 1. The van der Waals surface area contributed by atoms with E-state index < -0.39 is 0 Å². The van der Waals surface area contributed by atoms with Crippen LogP contribution in [0.5, 0.6) is 5.75 Å². The summed E-state index contributed by atoms with van der Waals surface area (Å²) in [5.74, 6) is 0.313. The van der Waals surface area contributed by atoms with E-state index in [1.807, 2.05) is 24.0 Å². The normalized spacial score (nSPS) is 16.3. The average molecular weight is 262 g/mol. The number of carbonyl (C=O) groups is 1. The van der Waals surface area contributed by atoms with Crippen molar-refractivity contribution < 1.29 is 9.90 Å². The second kappa shape index (κ2) is 6.57. The van der Waals surface area contributed by atoms with E-state index in [9.17, 15) is 9.90 Å². The maximum absolute atomic E-state index is 12.4. The second-order valence-electron chi connectivity index (χ2n) is 4.97. The Morgan fingerprint density at radius 1 is 1.37 bits per heavy atom. The van der Waals surface area contributed by atoms with Gasteiger partial charge in [0.25, 0.3) is 0 Å². The number of aromatic hydroxyl groups is 1. The van der Waals surface area contributed by atoms with E-state index in [1.54, 1.807) is 12.1 Å². The summed E-state index contributed by atoms with van der Waals surface area (Å²) in [6, 6.07) is 7.40. The van der Waals surface area contributed by atoms with E-state index in [4.69, 9.17) is 0 Å². The van der Waals surface area contributed by atoms with Gasteiger partial charge in [0.2, 0.25) is 5.91 Å². The summed E-state index contributed by atoms with van der Waals surface area (Å²) >= 11 is 0. The highest BCUT2D eigenvalue weighted by molar-refractivity contribution is 5.79. The molecule has 0 spiro atoms. The number of amides is 1. The lowest BCUT2D eigenvalue weighted by molar-refractivity contribution is -0.133. The number of rotatable bonds is 4. The monoisotopic (exact) mass is 262 g/mol. The molecule has 0 atom stereocenters. The quantitative estimate of drug-likeness (QED) is 0.865. The van der Waals surface area contributed by atoms with Crippen LogP contribution in [-0.2, 0) is 11.2 Å². The van der Waals surface area contributed by atoms with Crippen molar-refractivity contribution in [3.05, 3.63) is 29.8 Å². The molecule has 1 heterocycles. The number of hydrogen-bond acceptors (Lipinski definition) is 3. The predicted molar refractivity (Wildman–Crippen MR) is 75.1 cm³/mol. The SMILES string of the molecule is CCN(C(=O)Cc1ccccc1O)C1CCNCC1. The molecular formula is C15H22N2O2. The van der Waals surface area contributed by atoms with Crippen LogP contribution in [0.1, 0.15) is 25.3 Å². The van der Waals surface area contributed by atoms with E-state index in [1.165, 1.54) is 0 Å². The smallest absolute Gasteiger partial charge is 0.227 e. The first-order valence-corrected chi connectivity index (χ1v) is 6.99. The number of piperidine rings is 1. The number of likely N-dealkylation sites (N-methyl/N-ethyl adjacent to an activating group) is 1. The molecule has 0 saturated carbocycles. The van der Waals surface area contributed by atoms with E-state index >= 15 is 0 Å². The van der Waals surface area contributed by atoms with Crippen molar-refractivity contribution in [2.45, 2.75) is 32.2 Å².